The number of amides is 3. The number of nitrogens with one attached hydrogen (secondary N) is 2. The van der Waals surface area contributed by atoms with Crippen LogP contribution in [0.1, 0.15) is 56.9 Å². The lowest BCUT2D eigenvalue weighted by Gasteiger charge is -2.44. The number of urea groups is 1. The lowest BCUT2D eigenvalue weighted by molar-refractivity contribution is 0.0511. The lowest BCUT2D eigenvalue weighted by Crippen LogP contribution is -2.59. The summed E-state index contributed by atoms with van der Waals surface area (Å²) in [4.78, 5) is 36.3. The highest BCUT2D eigenvalue weighted by Gasteiger charge is 2.46. The molecule has 2 aliphatic heterocycles. The second kappa shape index (κ2) is 10.1. The zero-order chi connectivity index (χ0) is 23.8. The molecule has 2 aliphatic rings. The van der Waals surface area contributed by atoms with Crippen LogP contribution in [0, 0.1) is 5.92 Å². The molecule has 0 bridgehead atoms. The van der Waals surface area contributed by atoms with Gasteiger partial charge in [-0.15, -0.1) is 0 Å². The predicted octanol–water partition coefficient (Wildman–Crippen LogP) is 2.50. The van der Waals surface area contributed by atoms with Gasteiger partial charge in [-0.1, -0.05) is 20.4 Å². The Bertz CT molecular complexity index is 1010. The van der Waals surface area contributed by atoms with Gasteiger partial charge in [-0.2, -0.15) is 5.10 Å². The fraction of sp³-hybridized carbons (Fsp3) is 0.583. The number of aliphatic hydroxyl groups excluding tert-OH is 1. The summed E-state index contributed by atoms with van der Waals surface area (Å²) in [6, 6.07) is 5.20. The van der Waals surface area contributed by atoms with E-state index in [2.05, 4.69) is 32.3 Å². The number of rotatable bonds is 5. The Morgan fingerprint density at radius 3 is 2.74 bits per heavy atom. The van der Waals surface area contributed by atoms with Gasteiger partial charge in [0.1, 0.15) is 5.69 Å². The second-order valence-electron chi connectivity index (χ2n) is 9.61. The van der Waals surface area contributed by atoms with Crippen molar-refractivity contribution in [3.05, 3.63) is 41.3 Å². The average Bonchev–Trinajstić information content (AvgIpc) is 3.31. The number of aromatic amines is 1. The first kappa shape index (κ1) is 25.6. The SMILES string of the molecule is C.C[C@@H](CO)CN1CCN(C(=O)N2Cc3c(NC(=O)c4ccccn4)n[nH]c3C2(C)C)[C@@H](C)C1. The summed E-state index contributed by atoms with van der Waals surface area (Å²) in [6.45, 7) is 11.6. The number of aromatic nitrogens is 3. The summed E-state index contributed by atoms with van der Waals surface area (Å²) in [5.41, 5.74) is 1.37. The van der Waals surface area contributed by atoms with Gasteiger partial charge in [-0.05, 0) is 38.8 Å². The maximum Gasteiger partial charge on any atom is 0.321 e. The fourth-order valence-electron chi connectivity index (χ4n) is 4.73. The quantitative estimate of drug-likeness (QED) is 0.617. The van der Waals surface area contributed by atoms with Crippen LogP contribution < -0.4 is 5.32 Å². The van der Waals surface area contributed by atoms with Crippen LogP contribution >= 0.6 is 0 Å². The zero-order valence-corrected chi connectivity index (χ0v) is 19.7. The summed E-state index contributed by atoms with van der Waals surface area (Å²) in [5, 5.41) is 19.5. The van der Waals surface area contributed by atoms with Crippen molar-refractivity contribution >= 4 is 17.8 Å². The van der Waals surface area contributed by atoms with Crippen LogP contribution in [0.5, 0.6) is 0 Å². The van der Waals surface area contributed by atoms with Gasteiger partial charge in [0.2, 0.25) is 0 Å². The first-order chi connectivity index (χ1) is 15.7. The van der Waals surface area contributed by atoms with Gasteiger partial charge in [0.15, 0.2) is 5.82 Å². The molecule has 10 nitrogen and oxygen atoms in total. The van der Waals surface area contributed by atoms with Gasteiger partial charge in [0.05, 0.1) is 17.8 Å². The van der Waals surface area contributed by atoms with Gasteiger partial charge < -0.3 is 20.2 Å². The summed E-state index contributed by atoms with van der Waals surface area (Å²) >= 11 is 0. The van der Waals surface area contributed by atoms with Crippen LogP contribution in [0.3, 0.4) is 0 Å². The third kappa shape index (κ3) is 4.78. The van der Waals surface area contributed by atoms with Gasteiger partial charge in [0.25, 0.3) is 5.91 Å². The maximum absolute atomic E-state index is 13.6. The Kier molecular flexibility index (Phi) is 7.62. The number of aliphatic hydroxyl groups is 1. The fourth-order valence-corrected chi connectivity index (χ4v) is 4.73. The minimum absolute atomic E-state index is 0. The Hall–Kier alpha value is -2.98. The average molecular weight is 472 g/mol. The molecule has 0 unspecified atom stereocenters. The number of piperazine rings is 1. The molecule has 0 radical (unpaired) electrons. The largest absolute Gasteiger partial charge is 0.396 e. The molecule has 4 heterocycles. The summed E-state index contributed by atoms with van der Waals surface area (Å²) in [7, 11) is 0. The Morgan fingerprint density at radius 1 is 1.32 bits per heavy atom. The molecule has 2 aromatic rings. The van der Waals surface area contributed by atoms with Crippen molar-refractivity contribution in [2.24, 2.45) is 5.92 Å². The number of pyridine rings is 1. The molecular formula is C24H37N7O3. The predicted molar refractivity (Wildman–Crippen MR) is 130 cm³/mol. The molecule has 4 rings (SSSR count). The Labute approximate surface area is 201 Å². The van der Waals surface area contributed by atoms with E-state index in [1.165, 1.54) is 0 Å². The van der Waals surface area contributed by atoms with Crippen molar-refractivity contribution in [1.29, 1.82) is 0 Å². The highest BCUT2D eigenvalue weighted by Crippen LogP contribution is 2.41. The molecule has 10 heteroatoms. The molecule has 0 spiro atoms. The van der Waals surface area contributed by atoms with Gasteiger partial charge in [-0.3, -0.25) is 19.8 Å². The van der Waals surface area contributed by atoms with Crippen molar-refractivity contribution in [3.8, 4) is 0 Å². The summed E-state index contributed by atoms with van der Waals surface area (Å²) in [6.07, 6.45) is 1.57. The third-order valence-electron chi connectivity index (χ3n) is 6.67. The molecule has 1 saturated heterocycles. The van der Waals surface area contributed by atoms with E-state index in [4.69, 9.17) is 0 Å². The number of nitrogens with zero attached hydrogens (tertiary/aromatic N) is 5. The van der Waals surface area contributed by atoms with E-state index in [0.29, 0.717) is 24.6 Å². The van der Waals surface area contributed by atoms with Crippen molar-refractivity contribution in [2.75, 3.05) is 38.1 Å². The molecule has 186 valence electrons. The third-order valence-corrected chi connectivity index (χ3v) is 6.67. The Morgan fingerprint density at radius 2 is 2.09 bits per heavy atom. The lowest BCUT2D eigenvalue weighted by atomic mass is 10.0. The number of anilines is 1. The van der Waals surface area contributed by atoms with Crippen molar-refractivity contribution < 1.29 is 14.7 Å². The molecule has 3 amide bonds. The van der Waals surface area contributed by atoms with Gasteiger partial charge >= 0.3 is 6.03 Å². The zero-order valence-electron chi connectivity index (χ0n) is 19.7. The van der Waals surface area contributed by atoms with Crippen molar-refractivity contribution in [1.82, 2.24) is 29.9 Å². The highest BCUT2D eigenvalue weighted by atomic mass is 16.3. The molecule has 2 atom stereocenters. The minimum atomic E-state index is -0.588. The van der Waals surface area contributed by atoms with Gasteiger partial charge in [0, 0.05) is 50.6 Å². The van der Waals surface area contributed by atoms with Crippen LogP contribution in [0.25, 0.3) is 0 Å². The van der Waals surface area contributed by atoms with Crippen molar-refractivity contribution in [2.45, 2.75) is 53.2 Å². The van der Waals surface area contributed by atoms with Gasteiger partial charge in [-0.25, -0.2) is 4.79 Å². The number of carbonyl (C=O) groups excluding carboxylic acids is 2. The number of fused-ring (bicyclic) bond motifs is 1. The van der Waals surface area contributed by atoms with E-state index in [1.54, 1.807) is 24.4 Å². The molecule has 0 saturated carbocycles. The molecule has 34 heavy (non-hydrogen) atoms. The van der Waals surface area contributed by atoms with Crippen LogP contribution in [0.4, 0.5) is 10.6 Å². The van der Waals surface area contributed by atoms with E-state index >= 15 is 0 Å². The van der Waals surface area contributed by atoms with Crippen LogP contribution in [-0.4, -0.2) is 85.8 Å². The standard InChI is InChI=1S/C23H33N7O3.CH4/c1-15(14-31)11-28-9-10-29(16(2)12-28)22(33)30-13-17-19(23(30,3)4)26-27-20(17)25-21(32)18-7-5-6-8-24-18;/h5-8,15-16,31H,9-14H2,1-4H3,(H2,25,26,27,32);1H4/t15-,16+;/m1./s1. The minimum Gasteiger partial charge on any atom is -0.396 e. The second-order valence-corrected chi connectivity index (χ2v) is 9.61. The molecule has 0 aliphatic carbocycles. The smallest absolute Gasteiger partial charge is 0.321 e. The molecular weight excluding hydrogens is 434 g/mol. The van der Waals surface area contributed by atoms with E-state index in [1.807, 2.05) is 30.6 Å². The number of hydrogen-bond acceptors (Lipinski definition) is 6. The highest BCUT2D eigenvalue weighted by molar-refractivity contribution is 6.02. The first-order valence-corrected chi connectivity index (χ1v) is 11.4. The van der Waals surface area contributed by atoms with Crippen LogP contribution in [-0.2, 0) is 12.1 Å². The topological polar surface area (TPSA) is 118 Å². The molecule has 1 fully saturated rings. The normalized spacial score (nSPS) is 20.4. The van der Waals surface area contributed by atoms with E-state index in [9.17, 15) is 14.7 Å². The Balaban J connectivity index is 0.00000324. The monoisotopic (exact) mass is 471 g/mol. The summed E-state index contributed by atoms with van der Waals surface area (Å²) in [5.74, 6) is 0.309. The van der Waals surface area contributed by atoms with Crippen LogP contribution in [0.2, 0.25) is 0 Å². The number of hydrogen-bond donors (Lipinski definition) is 3. The van der Waals surface area contributed by atoms with Crippen molar-refractivity contribution in [3.63, 3.8) is 0 Å². The van der Waals surface area contributed by atoms with E-state index in [-0.39, 0.29) is 37.9 Å². The molecule has 0 aromatic carbocycles. The van der Waals surface area contributed by atoms with E-state index < -0.39 is 5.54 Å². The summed E-state index contributed by atoms with van der Waals surface area (Å²) < 4.78 is 0. The van der Waals surface area contributed by atoms with Crippen LogP contribution in [0.15, 0.2) is 24.4 Å². The first-order valence-electron chi connectivity index (χ1n) is 11.4. The number of H-pyrrole nitrogens is 1. The molecule has 2 aromatic heterocycles. The maximum atomic E-state index is 13.6. The number of carbonyl (C=O) groups is 2. The molecule has 3 N–H and O–H groups in total. The van der Waals surface area contributed by atoms with E-state index in [0.717, 1.165) is 30.9 Å².